The van der Waals surface area contributed by atoms with E-state index in [9.17, 15) is 0 Å². The van der Waals surface area contributed by atoms with Gasteiger partial charge < -0.3 is 4.90 Å². The molecule has 1 aromatic rings. The van der Waals surface area contributed by atoms with Crippen LogP contribution in [0.5, 0.6) is 0 Å². The third-order valence-corrected chi connectivity index (χ3v) is 3.22. The van der Waals surface area contributed by atoms with Crippen molar-refractivity contribution in [1.29, 1.82) is 0 Å². The van der Waals surface area contributed by atoms with Gasteiger partial charge in [-0.2, -0.15) is 5.10 Å². The number of hydrogen-bond acceptors (Lipinski definition) is 3. The van der Waals surface area contributed by atoms with Crippen molar-refractivity contribution in [2.75, 3.05) is 13.1 Å². The molecule has 1 aliphatic heterocycles. The fraction of sp³-hybridized carbons (Fsp3) is 0.636. The van der Waals surface area contributed by atoms with Gasteiger partial charge in [0.05, 0.1) is 5.69 Å². The van der Waals surface area contributed by atoms with Gasteiger partial charge >= 0.3 is 0 Å². The highest BCUT2D eigenvalue weighted by Crippen LogP contribution is 2.26. The maximum atomic E-state index is 5.71. The van der Waals surface area contributed by atoms with Crippen molar-refractivity contribution in [1.82, 2.24) is 15.1 Å². The van der Waals surface area contributed by atoms with Crippen LogP contribution >= 0.6 is 11.6 Å². The van der Waals surface area contributed by atoms with Gasteiger partial charge in [0.1, 0.15) is 0 Å². The summed E-state index contributed by atoms with van der Waals surface area (Å²) in [6.45, 7) is 6.71. The Bertz CT molecular complexity index is 323. The summed E-state index contributed by atoms with van der Waals surface area (Å²) in [7, 11) is 0. The molecule has 0 aromatic carbocycles. The van der Waals surface area contributed by atoms with E-state index in [0.29, 0.717) is 17.1 Å². The lowest BCUT2D eigenvalue weighted by Gasteiger charge is -2.19. The third-order valence-electron chi connectivity index (χ3n) is 3.02. The summed E-state index contributed by atoms with van der Waals surface area (Å²) in [6.07, 6.45) is 1.18. The van der Waals surface area contributed by atoms with E-state index in [4.69, 9.17) is 11.6 Å². The molecule has 1 aliphatic rings. The van der Waals surface area contributed by atoms with Crippen molar-refractivity contribution in [2.24, 2.45) is 0 Å². The standard InChI is InChI=1S/C11H16ClN3/c1-8(2)15-6-5-9(7-15)10-3-4-11(12)14-13-10/h3-4,8-9H,5-7H2,1-2H3. The average molecular weight is 226 g/mol. The Morgan fingerprint density at radius 1 is 1.40 bits per heavy atom. The van der Waals surface area contributed by atoms with E-state index in [1.807, 2.05) is 12.1 Å². The molecule has 0 aliphatic carbocycles. The molecule has 15 heavy (non-hydrogen) atoms. The molecule has 0 bridgehead atoms. The summed E-state index contributed by atoms with van der Waals surface area (Å²) in [5.41, 5.74) is 1.07. The first-order valence-corrected chi connectivity index (χ1v) is 5.78. The van der Waals surface area contributed by atoms with Crippen molar-refractivity contribution < 1.29 is 0 Å². The minimum atomic E-state index is 0.470. The van der Waals surface area contributed by atoms with Crippen LogP contribution in [0.1, 0.15) is 31.9 Å². The number of nitrogens with zero attached hydrogens (tertiary/aromatic N) is 3. The Kier molecular flexibility index (Phi) is 3.22. The highest BCUT2D eigenvalue weighted by atomic mass is 35.5. The Hall–Kier alpha value is -0.670. The SMILES string of the molecule is CC(C)N1CCC(c2ccc(Cl)nn2)C1. The molecular weight excluding hydrogens is 210 g/mol. The van der Waals surface area contributed by atoms with Gasteiger partial charge in [0.15, 0.2) is 5.15 Å². The molecule has 1 fully saturated rings. The van der Waals surface area contributed by atoms with Crippen molar-refractivity contribution >= 4 is 11.6 Å². The topological polar surface area (TPSA) is 29.0 Å². The summed E-state index contributed by atoms with van der Waals surface area (Å²) in [4.78, 5) is 2.47. The maximum absolute atomic E-state index is 5.71. The molecule has 1 atom stereocenters. The Morgan fingerprint density at radius 2 is 2.20 bits per heavy atom. The van der Waals surface area contributed by atoms with Gasteiger partial charge in [-0.25, -0.2) is 0 Å². The largest absolute Gasteiger partial charge is 0.300 e. The smallest absolute Gasteiger partial charge is 0.151 e. The highest BCUT2D eigenvalue weighted by Gasteiger charge is 2.26. The normalized spacial score (nSPS) is 22.5. The maximum Gasteiger partial charge on any atom is 0.151 e. The van der Waals surface area contributed by atoms with E-state index in [2.05, 4.69) is 28.9 Å². The first kappa shape index (κ1) is 10.8. The lowest BCUT2D eigenvalue weighted by atomic mass is 10.1. The molecule has 0 radical (unpaired) electrons. The Balaban J connectivity index is 2.04. The zero-order valence-electron chi connectivity index (χ0n) is 9.15. The van der Waals surface area contributed by atoms with Gasteiger partial charge in [-0.1, -0.05) is 11.6 Å². The zero-order chi connectivity index (χ0) is 10.8. The summed E-state index contributed by atoms with van der Waals surface area (Å²) in [6, 6.07) is 4.43. The lowest BCUT2D eigenvalue weighted by molar-refractivity contribution is 0.272. The first-order chi connectivity index (χ1) is 7.16. The van der Waals surface area contributed by atoms with Gasteiger partial charge in [0, 0.05) is 18.5 Å². The van der Waals surface area contributed by atoms with Gasteiger partial charge in [-0.05, 0) is 38.9 Å². The monoisotopic (exact) mass is 225 g/mol. The van der Waals surface area contributed by atoms with Crippen LogP contribution in [0.2, 0.25) is 5.15 Å². The minimum Gasteiger partial charge on any atom is -0.300 e. The average Bonchev–Trinajstić information content (AvgIpc) is 2.68. The second-order valence-electron chi connectivity index (χ2n) is 4.36. The summed E-state index contributed by atoms with van der Waals surface area (Å²) in [5, 5.41) is 8.51. The van der Waals surface area contributed by atoms with E-state index < -0.39 is 0 Å². The van der Waals surface area contributed by atoms with Gasteiger partial charge in [0.2, 0.25) is 0 Å². The van der Waals surface area contributed by atoms with Crippen molar-refractivity contribution in [3.05, 3.63) is 23.0 Å². The van der Waals surface area contributed by atoms with Crippen LogP contribution < -0.4 is 0 Å². The first-order valence-electron chi connectivity index (χ1n) is 5.40. The van der Waals surface area contributed by atoms with Gasteiger partial charge in [0.25, 0.3) is 0 Å². The van der Waals surface area contributed by atoms with E-state index in [-0.39, 0.29) is 0 Å². The molecule has 1 unspecified atom stereocenters. The van der Waals surface area contributed by atoms with Crippen molar-refractivity contribution in [3.8, 4) is 0 Å². The second kappa shape index (κ2) is 4.45. The lowest BCUT2D eigenvalue weighted by Crippen LogP contribution is -2.28. The Morgan fingerprint density at radius 3 is 2.73 bits per heavy atom. The van der Waals surface area contributed by atoms with Crippen LogP contribution in [0.15, 0.2) is 12.1 Å². The predicted octanol–water partition coefficient (Wildman–Crippen LogP) is 2.33. The minimum absolute atomic E-state index is 0.470. The molecule has 0 N–H and O–H groups in total. The van der Waals surface area contributed by atoms with E-state index >= 15 is 0 Å². The number of halogens is 1. The summed E-state index contributed by atoms with van der Waals surface area (Å²) >= 11 is 5.71. The van der Waals surface area contributed by atoms with Crippen LogP contribution in [-0.2, 0) is 0 Å². The van der Waals surface area contributed by atoms with E-state index in [1.165, 1.54) is 6.42 Å². The quantitative estimate of drug-likeness (QED) is 0.774. The van der Waals surface area contributed by atoms with E-state index in [0.717, 1.165) is 18.8 Å². The second-order valence-corrected chi connectivity index (χ2v) is 4.74. The van der Waals surface area contributed by atoms with Crippen molar-refractivity contribution in [2.45, 2.75) is 32.2 Å². The van der Waals surface area contributed by atoms with Crippen LogP contribution in [0.4, 0.5) is 0 Å². The molecule has 1 saturated heterocycles. The molecular formula is C11H16ClN3. The molecule has 0 amide bonds. The number of aromatic nitrogens is 2. The molecule has 2 rings (SSSR count). The van der Waals surface area contributed by atoms with Crippen LogP contribution in [0.25, 0.3) is 0 Å². The Labute approximate surface area is 95.5 Å². The van der Waals surface area contributed by atoms with Crippen LogP contribution in [-0.4, -0.2) is 34.2 Å². The summed E-state index contributed by atoms with van der Waals surface area (Å²) in [5.74, 6) is 0.525. The molecule has 2 heterocycles. The molecule has 0 spiro atoms. The number of rotatable bonds is 2. The number of likely N-dealkylation sites (tertiary alicyclic amines) is 1. The van der Waals surface area contributed by atoms with E-state index in [1.54, 1.807) is 0 Å². The molecule has 1 aromatic heterocycles. The molecule has 4 heteroatoms. The highest BCUT2D eigenvalue weighted by molar-refractivity contribution is 6.29. The predicted molar refractivity (Wildman–Crippen MR) is 61.1 cm³/mol. The van der Waals surface area contributed by atoms with Crippen LogP contribution in [0.3, 0.4) is 0 Å². The molecule has 3 nitrogen and oxygen atoms in total. The molecule has 82 valence electrons. The fourth-order valence-electron chi connectivity index (χ4n) is 2.04. The summed E-state index contributed by atoms with van der Waals surface area (Å²) < 4.78 is 0. The molecule has 0 saturated carbocycles. The number of hydrogen-bond donors (Lipinski definition) is 0. The van der Waals surface area contributed by atoms with Crippen molar-refractivity contribution in [3.63, 3.8) is 0 Å². The van der Waals surface area contributed by atoms with Gasteiger partial charge in [-0.15, -0.1) is 5.10 Å². The fourth-order valence-corrected chi connectivity index (χ4v) is 2.14. The zero-order valence-corrected chi connectivity index (χ0v) is 9.91. The van der Waals surface area contributed by atoms with Crippen LogP contribution in [0, 0.1) is 0 Å². The third kappa shape index (κ3) is 2.47. The van der Waals surface area contributed by atoms with Gasteiger partial charge in [-0.3, -0.25) is 0 Å².